The van der Waals surface area contributed by atoms with Gasteiger partial charge in [0.25, 0.3) is 0 Å². The molecule has 0 spiro atoms. The third kappa shape index (κ3) is 4.10. The van der Waals surface area contributed by atoms with Gasteiger partial charge in [0.15, 0.2) is 0 Å². The van der Waals surface area contributed by atoms with E-state index in [4.69, 9.17) is 11.6 Å². The lowest BCUT2D eigenvalue weighted by Gasteiger charge is -2.09. The largest absolute Gasteiger partial charge is 0.326 e. The highest BCUT2D eigenvalue weighted by molar-refractivity contribution is 6.31. The highest BCUT2D eigenvalue weighted by atomic mass is 35.5. The van der Waals surface area contributed by atoms with Gasteiger partial charge in [0, 0.05) is 16.6 Å². The first-order valence-electron chi connectivity index (χ1n) is 9.04. The minimum absolute atomic E-state index is 0.158. The number of halogens is 1. The fourth-order valence-electron chi connectivity index (χ4n) is 3.82. The van der Waals surface area contributed by atoms with Crippen molar-refractivity contribution < 1.29 is 4.79 Å². The van der Waals surface area contributed by atoms with E-state index in [0.29, 0.717) is 16.9 Å². The van der Waals surface area contributed by atoms with Gasteiger partial charge in [-0.1, -0.05) is 42.0 Å². The molecule has 1 saturated carbocycles. The summed E-state index contributed by atoms with van der Waals surface area (Å²) in [5, 5.41) is 3.81. The van der Waals surface area contributed by atoms with Crippen LogP contribution < -0.4 is 5.32 Å². The van der Waals surface area contributed by atoms with Gasteiger partial charge in [-0.15, -0.1) is 0 Å². The first kappa shape index (κ1) is 17.3. The van der Waals surface area contributed by atoms with E-state index < -0.39 is 0 Å². The molecule has 24 heavy (non-hydrogen) atoms. The predicted octanol–water partition coefficient (Wildman–Crippen LogP) is 5.92. The van der Waals surface area contributed by atoms with E-state index in [1.54, 1.807) is 0 Å². The summed E-state index contributed by atoms with van der Waals surface area (Å²) >= 11 is 6.16. The van der Waals surface area contributed by atoms with Crippen molar-refractivity contribution >= 4 is 23.2 Å². The molecule has 2 aliphatic carbocycles. The number of amides is 1. The molecule has 0 bridgehead atoms. The zero-order chi connectivity index (χ0) is 16.9. The number of anilines is 1. The van der Waals surface area contributed by atoms with E-state index in [9.17, 15) is 4.79 Å². The maximum absolute atomic E-state index is 12.7. The lowest BCUT2D eigenvalue weighted by atomic mass is 10.1. The van der Waals surface area contributed by atoms with Crippen LogP contribution in [0.3, 0.4) is 0 Å². The number of benzene rings is 1. The lowest BCUT2D eigenvalue weighted by molar-refractivity contribution is -0.117. The Balaban J connectivity index is 1.65. The van der Waals surface area contributed by atoms with E-state index in [2.05, 4.69) is 29.6 Å². The average molecular weight is 344 g/mol. The Hall–Kier alpha value is -1.54. The van der Waals surface area contributed by atoms with E-state index in [1.165, 1.54) is 0 Å². The van der Waals surface area contributed by atoms with Crippen molar-refractivity contribution in [2.75, 3.05) is 5.32 Å². The quantitative estimate of drug-likeness (QED) is 0.664. The summed E-state index contributed by atoms with van der Waals surface area (Å²) in [6, 6.07) is 5.67. The Morgan fingerprint density at radius 2 is 1.58 bits per heavy atom. The predicted molar refractivity (Wildman–Crippen MR) is 101 cm³/mol. The second-order valence-electron chi connectivity index (χ2n) is 6.93. The maximum atomic E-state index is 12.7. The molecule has 1 aromatic rings. The minimum atomic E-state index is 0.158. The van der Waals surface area contributed by atoms with Crippen LogP contribution in [0, 0.1) is 24.7 Å². The number of hydrogen-bond donors (Lipinski definition) is 1. The van der Waals surface area contributed by atoms with Crippen LogP contribution in [-0.2, 0) is 4.79 Å². The van der Waals surface area contributed by atoms with Crippen molar-refractivity contribution in [1.29, 1.82) is 0 Å². The fraction of sp³-hybridized carbons (Fsp3) is 0.476. The van der Waals surface area contributed by atoms with Crippen LogP contribution in [0.25, 0.3) is 0 Å². The number of carbonyl (C=O) groups is 1. The monoisotopic (exact) mass is 343 g/mol. The molecule has 0 aliphatic heterocycles. The summed E-state index contributed by atoms with van der Waals surface area (Å²) in [6.07, 6.45) is 15.8. The van der Waals surface area contributed by atoms with Crippen LogP contribution in [0.2, 0.25) is 5.02 Å². The van der Waals surface area contributed by atoms with Gasteiger partial charge < -0.3 is 5.32 Å². The van der Waals surface area contributed by atoms with Gasteiger partial charge in [-0.2, -0.15) is 0 Å². The molecule has 2 atom stereocenters. The van der Waals surface area contributed by atoms with Crippen molar-refractivity contribution in [2.45, 2.75) is 45.4 Å². The van der Waals surface area contributed by atoms with Gasteiger partial charge in [-0.25, -0.2) is 0 Å². The molecule has 2 nitrogen and oxygen atoms in total. The Labute approximate surface area is 150 Å². The molecular weight excluding hydrogens is 318 g/mol. The number of rotatable bonds is 2. The van der Waals surface area contributed by atoms with Crippen LogP contribution in [-0.4, -0.2) is 5.91 Å². The zero-order valence-corrected chi connectivity index (χ0v) is 15.1. The summed E-state index contributed by atoms with van der Waals surface area (Å²) in [5.41, 5.74) is 1.78. The third-order valence-electron chi connectivity index (χ3n) is 5.33. The zero-order valence-electron chi connectivity index (χ0n) is 14.3. The summed E-state index contributed by atoms with van der Waals surface area (Å²) in [4.78, 5) is 12.7. The Morgan fingerprint density at radius 3 is 2.21 bits per heavy atom. The van der Waals surface area contributed by atoms with Crippen LogP contribution in [0.4, 0.5) is 5.69 Å². The summed E-state index contributed by atoms with van der Waals surface area (Å²) < 4.78 is 0. The van der Waals surface area contributed by atoms with Crippen LogP contribution in [0.5, 0.6) is 0 Å². The molecule has 3 rings (SSSR count). The fourth-order valence-corrected chi connectivity index (χ4v) is 4.00. The topological polar surface area (TPSA) is 29.1 Å². The van der Waals surface area contributed by atoms with E-state index in [1.807, 2.05) is 25.1 Å². The molecule has 0 unspecified atom stereocenters. The van der Waals surface area contributed by atoms with E-state index in [0.717, 1.165) is 49.8 Å². The third-order valence-corrected chi connectivity index (χ3v) is 5.74. The normalized spacial score (nSPS) is 26.8. The molecular formula is C21H26ClNO. The van der Waals surface area contributed by atoms with Crippen LogP contribution in [0.1, 0.15) is 44.1 Å². The highest BCUT2D eigenvalue weighted by Crippen LogP contribution is 2.52. The van der Waals surface area contributed by atoms with E-state index >= 15 is 0 Å². The first-order chi connectivity index (χ1) is 11.7. The average Bonchev–Trinajstić information content (AvgIpc) is 3.24. The molecule has 0 saturated heterocycles. The molecule has 1 N–H and O–H groups in total. The highest BCUT2D eigenvalue weighted by Gasteiger charge is 2.52. The van der Waals surface area contributed by atoms with Gasteiger partial charge in [0.1, 0.15) is 0 Å². The van der Waals surface area contributed by atoms with Gasteiger partial charge >= 0.3 is 0 Å². The summed E-state index contributed by atoms with van der Waals surface area (Å²) in [6.45, 7) is 1.95. The van der Waals surface area contributed by atoms with Crippen molar-refractivity contribution in [1.82, 2.24) is 0 Å². The van der Waals surface area contributed by atoms with Crippen molar-refractivity contribution in [3.05, 3.63) is 53.1 Å². The van der Waals surface area contributed by atoms with Crippen LogP contribution >= 0.6 is 11.6 Å². The Kier molecular flexibility index (Phi) is 5.78. The molecule has 3 heteroatoms. The molecule has 0 heterocycles. The minimum Gasteiger partial charge on any atom is -0.326 e. The number of nitrogens with one attached hydrogen (secondary N) is 1. The summed E-state index contributed by atoms with van der Waals surface area (Å²) in [7, 11) is 0. The number of fused-ring (bicyclic) bond motifs is 1. The van der Waals surface area contributed by atoms with E-state index in [-0.39, 0.29) is 11.8 Å². The number of carbonyl (C=O) groups excluding carboxylic acids is 1. The lowest BCUT2D eigenvalue weighted by Crippen LogP contribution is -2.16. The SMILES string of the molecule is Cc1c(Cl)cccc1NC(=O)C1[C@@H]2CCC=CCCC=CCC[C@@H]12. The molecule has 128 valence electrons. The van der Waals surface area contributed by atoms with Crippen molar-refractivity contribution in [2.24, 2.45) is 17.8 Å². The first-order valence-corrected chi connectivity index (χ1v) is 9.42. The van der Waals surface area contributed by atoms with Crippen LogP contribution in [0.15, 0.2) is 42.5 Å². The molecule has 1 fully saturated rings. The van der Waals surface area contributed by atoms with Gasteiger partial charge in [0.05, 0.1) is 0 Å². The Morgan fingerprint density at radius 1 is 1.00 bits per heavy atom. The number of allylic oxidation sites excluding steroid dienone is 4. The maximum Gasteiger partial charge on any atom is 0.228 e. The molecule has 0 radical (unpaired) electrons. The van der Waals surface area contributed by atoms with Crippen molar-refractivity contribution in [3.63, 3.8) is 0 Å². The molecule has 1 amide bonds. The smallest absolute Gasteiger partial charge is 0.228 e. The molecule has 1 aromatic carbocycles. The second kappa shape index (κ2) is 8.02. The van der Waals surface area contributed by atoms with Gasteiger partial charge in [0.2, 0.25) is 5.91 Å². The number of hydrogen-bond acceptors (Lipinski definition) is 1. The second-order valence-corrected chi connectivity index (χ2v) is 7.34. The summed E-state index contributed by atoms with van der Waals surface area (Å²) in [5.74, 6) is 1.38. The molecule has 2 aliphatic rings. The van der Waals surface area contributed by atoms with Gasteiger partial charge in [-0.05, 0) is 75.0 Å². The molecule has 0 aromatic heterocycles. The standard InChI is InChI=1S/C21H26ClNO/c1-15-18(22)13-10-14-19(15)23-21(24)20-16-11-8-6-4-2-3-5-7-9-12-17(16)20/h4-7,10,13-14,16-17,20H,2-3,8-9,11-12H2,1H3,(H,23,24)/t16-,17-,20?/m1/s1. The van der Waals surface area contributed by atoms with Gasteiger partial charge in [-0.3, -0.25) is 4.79 Å². The van der Waals surface area contributed by atoms with Crippen molar-refractivity contribution in [3.8, 4) is 0 Å². The Bertz CT molecular complexity index is 625.